The van der Waals surface area contributed by atoms with E-state index in [-0.39, 0.29) is 5.84 Å². The van der Waals surface area contributed by atoms with Crippen LogP contribution < -0.4 is 10.5 Å². The third-order valence-electron chi connectivity index (χ3n) is 2.72. The molecular weight excluding hydrogens is 260 g/mol. The highest BCUT2D eigenvalue weighted by Gasteiger charge is 2.05. The number of nitrogens with zero attached hydrogens (tertiary/aromatic N) is 1. The lowest BCUT2D eigenvalue weighted by molar-refractivity contribution is 0.0644. The standard InChI is InChI=1S/C14H22N2O4/c1-11-10-12(4-5-13(11)14(15)16-17)20-7-3-6-19-9-8-18-2/h4-5,10,17H,3,6-9H2,1-2H3,(H2,15,16). The number of hydrogen-bond donors (Lipinski definition) is 2. The number of rotatable bonds is 9. The molecule has 112 valence electrons. The number of aryl methyl sites for hydroxylation is 1. The summed E-state index contributed by atoms with van der Waals surface area (Å²) in [7, 11) is 1.65. The molecule has 0 heterocycles. The maximum atomic E-state index is 8.65. The average molecular weight is 282 g/mol. The first-order chi connectivity index (χ1) is 9.69. The van der Waals surface area contributed by atoms with E-state index in [1.54, 1.807) is 19.2 Å². The number of benzene rings is 1. The molecule has 0 amide bonds. The van der Waals surface area contributed by atoms with E-state index < -0.39 is 0 Å². The lowest BCUT2D eigenvalue weighted by Crippen LogP contribution is -2.14. The molecule has 0 unspecified atom stereocenters. The van der Waals surface area contributed by atoms with Crippen molar-refractivity contribution in [1.29, 1.82) is 0 Å². The molecule has 3 N–H and O–H groups in total. The molecule has 0 atom stereocenters. The summed E-state index contributed by atoms with van der Waals surface area (Å²) < 4.78 is 15.8. The first-order valence-corrected chi connectivity index (χ1v) is 6.47. The molecule has 0 bridgehead atoms. The zero-order chi connectivity index (χ0) is 14.8. The molecule has 0 saturated carbocycles. The zero-order valence-electron chi connectivity index (χ0n) is 12.0. The van der Waals surface area contributed by atoms with Crippen molar-refractivity contribution in [3.63, 3.8) is 0 Å². The predicted molar refractivity (Wildman–Crippen MR) is 76.5 cm³/mol. The highest BCUT2D eigenvalue weighted by Crippen LogP contribution is 2.17. The first kappa shape index (κ1) is 16.3. The van der Waals surface area contributed by atoms with E-state index in [2.05, 4.69) is 5.16 Å². The van der Waals surface area contributed by atoms with Crippen molar-refractivity contribution in [2.45, 2.75) is 13.3 Å². The van der Waals surface area contributed by atoms with E-state index in [0.29, 0.717) is 32.0 Å². The van der Waals surface area contributed by atoms with Gasteiger partial charge >= 0.3 is 0 Å². The monoisotopic (exact) mass is 282 g/mol. The molecular formula is C14H22N2O4. The molecule has 1 rings (SSSR count). The highest BCUT2D eigenvalue weighted by atomic mass is 16.5. The smallest absolute Gasteiger partial charge is 0.170 e. The van der Waals surface area contributed by atoms with Gasteiger partial charge in [-0.15, -0.1) is 0 Å². The summed E-state index contributed by atoms with van der Waals surface area (Å²) in [6.45, 7) is 4.31. The minimum absolute atomic E-state index is 0.0978. The van der Waals surface area contributed by atoms with E-state index in [0.717, 1.165) is 17.7 Å². The van der Waals surface area contributed by atoms with Gasteiger partial charge in [0.05, 0.1) is 19.8 Å². The van der Waals surface area contributed by atoms with Crippen LogP contribution in [0.25, 0.3) is 0 Å². The van der Waals surface area contributed by atoms with Crippen LogP contribution in [0.4, 0.5) is 0 Å². The summed E-state index contributed by atoms with van der Waals surface area (Å²) in [5.74, 6) is 0.856. The van der Waals surface area contributed by atoms with Crippen LogP contribution in [0.15, 0.2) is 23.4 Å². The molecule has 0 saturated heterocycles. The molecule has 0 aliphatic carbocycles. The molecule has 0 aliphatic rings. The van der Waals surface area contributed by atoms with Gasteiger partial charge in [0.1, 0.15) is 5.75 Å². The van der Waals surface area contributed by atoms with Crippen molar-refractivity contribution >= 4 is 5.84 Å². The van der Waals surface area contributed by atoms with E-state index >= 15 is 0 Å². The number of ether oxygens (including phenoxy) is 3. The van der Waals surface area contributed by atoms with Gasteiger partial charge in [-0.1, -0.05) is 5.16 Å². The van der Waals surface area contributed by atoms with E-state index in [1.807, 2.05) is 13.0 Å². The lowest BCUT2D eigenvalue weighted by Gasteiger charge is -2.09. The van der Waals surface area contributed by atoms with Crippen LogP contribution in [0.5, 0.6) is 5.75 Å². The van der Waals surface area contributed by atoms with Crippen molar-refractivity contribution in [3.05, 3.63) is 29.3 Å². The molecule has 6 heteroatoms. The van der Waals surface area contributed by atoms with Gasteiger partial charge in [-0.2, -0.15) is 0 Å². The summed E-state index contributed by atoms with van der Waals surface area (Å²) in [4.78, 5) is 0. The van der Waals surface area contributed by atoms with Crippen LogP contribution in [-0.2, 0) is 9.47 Å². The molecule has 0 radical (unpaired) electrons. The maximum absolute atomic E-state index is 8.65. The fraction of sp³-hybridized carbons (Fsp3) is 0.500. The van der Waals surface area contributed by atoms with Crippen LogP contribution in [0.2, 0.25) is 0 Å². The summed E-state index contributed by atoms with van der Waals surface area (Å²) in [5.41, 5.74) is 7.15. The van der Waals surface area contributed by atoms with Gasteiger partial charge in [-0.3, -0.25) is 0 Å². The second-order valence-corrected chi connectivity index (χ2v) is 4.27. The Balaban J connectivity index is 2.33. The molecule has 0 fully saturated rings. The van der Waals surface area contributed by atoms with Gasteiger partial charge < -0.3 is 25.2 Å². The minimum atomic E-state index is 0.0978. The Bertz CT molecular complexity index is 435. The normalized spacial score (nSPS) is 11.6. The van der Waals surface area contributed by atoms with Crippen LogP contribution in [0.3, 0.4) is 0 Å². The Morgan fingerprint density at radius 1 is 1.25 bits per heavy atom. The summed E-state index contributed by atoms with van der Waals surface area (Å²) in [5, 5.41) is 11.6. The molecule has 6 nitrogen and oxygen atoms in total. The van der Waals surface area contributed by atoms with Gasteiger partial charge in [0.2, 0.25) is 0 Å². The third-order valence-corrected chi connectivity index (χ3v) is 2.72. The van der Waals surface area contributed by atoms with Crippen molar-refractivity contribution in [2.24, 2.45) is 10.9 Å². The Labute approximate surface area is 119 Å². The van der Waals surface area contributed by atoms with Crippen LogP contribution in [-0.4, -0.2) is 44.6 Å². The van der Waals surface area contributed by atoms with Gasteiger partial charge in [-0.05, 0) is 30.7 Å². The minimum Gasteiger partial charge on any atom is -0.493 e. The molecule has 0 aromatic heterocycles. The Morgan fingerprint density at radius 2 is 2.05 bits per heavy atom. The molecule has 0 spiro atoms. The molecule has 1 aromatic rings. The van der Waals surface area contributed by atoms with Crippen LogP contribution in [0.1, 0.15) is 17.5 Å². The number of hydrogen-bond acceptors (Lipinski definition) is 5. The third kappa shape index (κ3) is 5.46. The Hall–Kier alpha value is -1.79. The number of methoxy groups -OCH3 is 1. The predicted octanol–water partition coefficient (Wildman–Crippen LogP) is 1.52. The Morgan fingerprint density at radius 3 is 2.70 bits per heavy atom. The molecule has 1 aromatic carbocycles. The Kier molecular flexibility index (Phi) is 7.46. The van der Waals surface area contributed by atoms with Crippen molar-refractivity contribution < 1.29 is 19.4 Å². The zero-order valence-corrected chi connectivity index (χ0v) is 12.0. The summed E-state index contributed by atoms with van der Waals surface area (Å²) >= 11 is 0. The maximum Gasteiger partial charge on any atom is 0.170 e. The lowest BCUT2D eigenvalue weighted by atomic mass is 10.1. The number of oxime groups is 1. The van der Waals surface area contributed by atoms with E-state index in [9.17, 15) is 0 Å². The van der Waals surface area contributed by atoms with Gasteiger partial charge in [0.25, 0.3) is 0 Å². The SMILES string of the molecule is COCCOCCCOc1ccc(/C(N)=N/O)c(C)c1. The summed E-state index contributed by atoms with van der Waals surface area (Å²) in [6, 6.07) is 5.43. The van der Waals surface area contributed by atoms with Gasteiger partial charge in [0.15, 0.2) is 5.84 Å². The second kappa shape index (κ2) is 9.17. The molecule has 0 aliphatic heterocycles. The van der Waals surface area contributed by atoms with E-state index in [1.165, 1.54) is 0 Å². The van der Waals surface area contributed by atoms with Crippen molar-refractivity contribution in [1.82, 2.24) is 0 Å². The van der Waals surface area contributed by atoms with Gasteiger partial charge in [0, 0.05) is 25.7 Å². The first-order valence-electron chi connectivity index (χ1n) is 6.47. The highest BCUT2D eigenvalue weighted by molar-refractivity contribution is 5.98. The quantitative estimate of drug-likeness (QED) is 0.236. The van der Waals surface area contributed by atoms with Gasteiger partial charge in [-0.25, -0.2) is 0 Å². The van der Waals surface area contributed by atoms with E-state index in [4.69, 9.17) is 25.2 Å². The topological polar surface area (TPSA) is 86.3 Å². The van der Waals surface area contributed by atoms with Crippen molar-refractivity contribution in [2.75, 3.05) is 33.5 Å². The van der Waals surface area contributed by atoms with Crippen LogP contribution in [0, 0.1) is 6.92 Å². The fourth-order valence-corrected chi connectivity index (χ4v) is 1.66. The number of nitrogens with two attached hydrogens (primary N) is 1. The average Bonchev–Trinajstić information content (AvgIpc) is 2.45. The van der Waals surface area contributed by atoms with Crippen LogP contribution >= 0.6 is 0 Å². The molecule has 20 heavy (non-hydrogen) atoms. The fourth-order valence-electron chi connectivity index (χ4n) is 1.66. The number of amidine groups is 1. The summed E-state index contributed by atoms with van der Waals surface area (Å²) in [6.07, 6.45) is 0.810. The largest absolute Gasteiger partial charge is 0.493 e. The van der Waals surface area contributed by atoms with Crippen molar-refractivity contribution in [3.8, 4) is 5.75 Å². The second-order valence-electron chi connectivity index (χ2n) is 4.27.